The number of fused-ring (bicyclic) bond motifs is 1. The molecule has 0 atom stereocenters. The number of rotatable bonds is 4. The van der Waals surface area contributed by atoms with E-state index in [1.54, 1.807) is 0 Å². The summed E-state index contributed by atoms with van der Waals surface area (Å²) in [7, 11) is 0. The number of nitrogens with one attached hydrogen (secondary N) is 1. The molecule has 8 heteroatoms. The van der Waals surface area contributed by atoms with Gasteiger partial charge in [-0.3, -0.25) is 14.3 Å². The van der Waals surface area contributed by atoms with Gasteiger partial charge in [-0.25, -0.2) is 4.98 Å². The van der Waals surface area contributed by atoms with E-state index in [1.165, 1.54) is 10.9 Å². The van der Waals surface area contributed by atoms with Crippen molar-refractivity contribution in [2.75, 3.05) is 13.2 Å². The third-order valence-electron chi connectivity index (χ3n) is 1.91. The van der Waals surface area contributed by atoms with Crippen molar-refractivity contribution in [1.82, 2.24) is 19.5 Å². The first-order valence-corrected chi connectivity index (χ1v) is 4.89. The van der Waals surface area contributed by atoms with Gasteiger partial charge in [-0.15, -0.1) is 0 Å². The molecule has 0 aromatic carbocycles. The Kier molecular flexibility index (Phi) is 3.18. The topological polar surface area (TPSA) is 93.0 Å². The maximum absolute atomic E-state index is 11.4. The predicted molar refractivity (Wildman–Crippen MR) is 56.2 cm³/mol. The molecule has 0 unspecified atom stereocenters. The van der Waals surface area contributed by atoms with Crippen LogP contribution in [0.1, 0.15) is 0 Å². The van der Waals surface area contributed by atoms with Crippen LogP contribution in [0.5, 0.6) is 0 Å². The fraction of sp³-hybridized carbons (Fsp3) is 0.375. The average Bonchev–Trinajstić information content (AvgIpc) is 2.62. The highest BCUT2D eigenvalue weighted by Gasteiger charge is 2.08. The van der Waals surface area contributed by atoms with Crippen LogP contribution in [0.4, 0.5) is 0 Å². The highest BCUT2D eigenvalue weighted by atomic mass is 35.5. The second kappa shape index (κ2) is 4.60. The largest absolute Gasteiger partial charge is 0.394 e. The summed E-state index contributed by atoms with van der Waals surface area (Å²) in [5, 5.41) is 8.56. The normalized spacial score (nSPS) is 11.1. The fourth-order valence-corrected chi connectivity index (χ4v) is 1.41. The first-order chi connectivity index (χ1) is 7.72. The molecule has 0 aliphatic rings. The van der Waals surface area contributed by atoms with E-state index >= 15 is 0 Å². The van der Waals surface area contributed by atoms with E-state index in [9.17, 15) is 4.79 Å². The van der Waals surface area contributed by atoms with Crippen molar-refractivity contribution in [2.45, 2.75) is 6.73 Å². The molecule has 2 rings (SSSR count). The minimum absolute atomic E-state index is 0.00130. The van der Waals surface area contributed by atoms with E-state index in [0.29, 0.717) is 5.65 Å². The standard InChI is InChI=1S/C8H9ClN4O3/c9-8-11-6-5(7(15)12-8)10-3-13(6)4-16-2-1-14/h3,14H,1-2,4H2,(H,11,12,15). The smallest absolute Gasteiger partial charge is 0.280 e. The number of aliphatic hydroxyl groups is 1. The molecule has 0 aliphatic carbocycles. The molecule has 2 N–H and O–H groups in total. The van der Waals surface area contributed by atoms with Crippen LogP contribution >= 0.6 is 11.6 Å². The van der Waals surface area contributed by atoms with Crippen LogP contribution in [-0.2, 0) is 11.5 Å². The Balaban J connectivity index is 2.36. The lowest BCUT2D eigenvalue weighted by Gasteiger charge is -2.03. The van der Waals surface area contributed by atoms with Crippen molar-refractivity contribution >= 4 is 22.8 Å². The van der Waals surface area contributed by atoms with E-state index in [1.807, 2.05) is 0 Å². The third kappa shape index (κ3) is 2.06. The molecule has 0 saturated heterocycles. The van der Waals surface area contributed by atoms with Crippen LogP contribution in [0.3, 0.4) is 0 Å². The molecule has 2 heterocycles. The minimum Gasteiger partial charge on any atom is -0.394 e. The van der Waals surface area contributed by atoms with Gasteiger partial charge in [-0.2, -0.15) is 4.98 Å². The highest BCUT2D eigenvalue weighted by molar-refractivity contribution is 6.28. The third-order valence-corrected chi connectivity index (χ3v) is 2.09. The summed E-state index contributed by atoms with van der Waals surface area (Å²) in [6.45, 7) is 0.293. The van der Waals surface area contributed by atoms with Crippen LogP contribution < -0.4 is 5.56 Å². The molecule has 16 heavy (non-hydrogen) atoms. The number of H-pyrrole nitrogens is 1. The molecule has 86 valence electrons. The summed E-state index contributed by atoms with van der Waals surface area (Å²) in [6, 6.07) is 0. The summed E-state index contributed by atoms with van der Waals surface area (Å²) >= 11 is 5.63. The molecule has 0 spiro atoms. The number of hydrogen-bond donors (Lipinski definition) is 2. The van der Waals surface area contributed by atoms with Gasteiger partial charge in [0.2, 0.25) is 5.28 Å². The molecule has 2 aromatic rings. The summed E-state index contributed by atoms with van der Waals surface area (Å²) in [5.74, 6) is 0. The Morgan fingerprint density at radius 1 is 1.62 bits per heavy atom. The van der Waals surface area contributed by atoms with Crippen molar-refractivity contribution in [2.24, 2.45) is 0 Å². The number of aliphatic hydroxyl groups excluding tert-OH is 1. The van der Waals surface area contributed by atoms with Gasteiger partial charge in [-0.05, 0) is 11.6 Å². The summed E-state index contributed by atoms with van der Waals surface area (Å²) in [4.78, 5) is 21.6. The Labute approximate surface area is 94.7 Å². The molecule has 0 saturated carbocycles. The number of imidazole rings is 1. The average molecular weight is 245 g/mol. The Hall–Kier alpha value is -1.44. The molecular formula is C8H9ClN4O3. The van der Waals surface area contributed by atoms with E-state index < -0.39 is 5.56 Å². The zero-order valence-corrected chi connectivity index (χ0v) is 8.94. The van der Waals surface area contributed by atoms with Gasteiger partial charge in [0.05, 0.1) is 19.5 Å². The fourth-order valence-electron chi connectivity index (χ4n) is 1.25. The molecular weight excluding hydrogens is 236 g/mol. The number of halogens is 1. The van der Waals surface area contributed by atoms with Crippen molar-refractivity contribution in [1.29, 1.82) is 0 Å². The van der Waals surface area contributed by atoms with Gasteiger partial charge in [0.25, 0.3) is 5.56 Å². The minimum atomic E-state index is -0.393. The van der Waals surface area contributed by atoms with Crippen molar-refractivity contribution < 1.29 is 9.84 Å². The molecule has 0 amide bonds. The number of nitrogens with zero attached hydrogens (tertiary/aromatic N) is 3. The lowest BCUT2D eigenvalue weighted by molar-refractivity contribution is 0.0499. The molecule has 2 aromatic heterocycles. The van der Waals surface area contributed by atoms with Crippen LogP contribution in [0, 0.1) is 0 Å². The van der Waals surface area contributed by atoms with E-state index in [4.69, 9.17) is 21.4 Å². The monoisotopic (exact) mass is 244 g/mol. The van der Waals surface area contributed by atoms with Crippen molar-refractivity contribution in [3.05, 3.63) is 22.0 Å². The van der Waals surface area contributed by atoms with Crippen LogP contribution in [-0.4, -0.2) is 37.8 Å². The van der Waals surface area contributed by atoms with Gasteiger partial charge < -0.3 is 9.84 Å². The maximum atomic E-state index is 11.4. The van der Waals surface area contributed by atoms with Crippen LogP contribution in [0.2, 0.25) is 5.28 Å². The van der Waals surface area contributed by atoms with E-state index in [-0.39, 0.29) is 30.7 Å². The zero-order chi connectivity index (χ0) is 11.5. The van der Waals surface area contributed by atoms with Gasteiger partial charge in [0.15, 0.2) is 11.2 Å². The molecule has 7 nitrogen and oxygen atoms in total. The van der Waals surface area contributed by atoms with Crippen LogP contribution in [0.25, 0.3) is 11.2 Å². The van der Waals surface area contributed by atoms with E-state index in [0.717, 1.165) is 0 Å². The molecule has 0 fully saturated rings. The summed E-state index contributed by atoms with van der Waals surface area (Å²) < 4.78 is 6.63. The van der Waals surface area contributed by atoms with Crippen molar-refractivity contribution in [3.63, 3.8) is 0 Å². The van der Waals surface area contributed by atoms with Gasteiger partial charge in [0.1, 0.15) is 6.73 Å². The van der Waals surface area contributed by atoms with Gasteiger partial charge >= 0.3 is 0 Å². The Morgan fingerprint density at radius 2 is 2.44 bits per heavy atom. The van der Waals surface area contributed by atoms with Gasteiger partial charge in [-0.1, -0.05) is 0 Å². The van der Waals surface area contributed by atoms with E-state index in [2.05, 4.69) is 15.0 Å². The van der Waals surface area contributed by atoms with Gasteiger partial charge in [0, 0.05) is 0 Å². The first kappa shape index (κ1) is 11.1. The molecule has 0 bridgehead atoms. The SMILES string of the molecule is O=c1[nH]c(Cl)nc2c1ncn2COCCO. The highest BCUT2D eigenvalue weighted by Crippen LogP contribution is 2.07. The second-order valence-electron chi connectivity index (χ2n) is 3.00. The predicted octanol–water partition coefficient (Wildman–Crippen LogP) is -0.261. The first-order valence-electron chi connectivity index (χ1n) is 4.51. The number of hydrogen-bond acceptors (Lipinski definition) is 5. The summed E-state index contributed by atoms with van der Waals surface area (Å²) in [5.41, 5.74) is 0.166. The second-order valence-corrected chi connectivity index (χ2v) is 3.36. The maximum Gasteiger partial charge on any atom is 0.280 e. The number of ether oxygens (including phenoxy) is 1. The lowest BCUT2D eigenvalue weighted by Crippen LogP contribution is -2.10. The Bertz CT molecular complexity index is 550. The quantitative estimate of drug-likeness (QED) is 0.571. The number of aromatic nitrogens is 4. The number of aromatic amines is 1. The molecule has 0 radical (unpaired) electrons. The zero-order valence-electron chi connectivity index (χ0n) is 8.18. The lowest BCUT2D eigenvalue weighted by atomic mass is 10.5. The van der Waals surface area contributed by atoms with Crippen LogP contribution in [0.15, 0.2) is 11.1 Å². The summed E-state index contributed by atoms with van der Waals surface area (Å²) in [6.07, 6.45) is 1.43. The molecule has 0 aliphatic heterocycles. The van der Waals surface area contributed by atoms with Crippen molar-refractivity contribution in [3.8, 4) is 0 Å². The Morgan fingerprint density at radius 3 is 3.19 bits per heavy atom.